The molecule has 0 atom stereocenters. The Morgan fingerprint density at radius 1 is 1.25 bits per heavy atom. The van der Waals surface area contributed by atoms with E-state index in [1.807, 2.05) is 0 Å². The molecular formula is C15H18ClNO3. The highest BCUT2D eigenvalue weighted by Crippen LogP contribution is 2.13. The zero-order chi connectivity index (χ0) is 15.1. The molecule has 20 heavy (non-hydrogen) atoms. The van der Waals surface area contributed by atoms with E-state index in [2.05, 4.69) is 0 Å². The summed E-state index contributed by atoms with van der Waals surface area (Å²) in [6, 6.07) is 6.84. The Morgan fingerprint density at radius 3 is 2.30 bits per heavy atom. The molecule has 0 N–H and O–H groups in total. The van der Waals surface area contributed by atoms with Crippen molar-refractivity contribution in [2.75, 3.05) is 20.7 Å². The van der Waals surface area contributed by atoms with Crippen LogP contribution in [0.15, 0.2) is 36.0 Å². The van der Waals surface area contributed by atoms with Gasteiger partial charge in [0.2, 0.25) is 5.78 Å². The lowest BCUT2D eigenvalue weighted by Gasteiger charge is -2.11. The van der Waals surface area contributed by atoms with E-state index < -0.39 is 5.97 Å². The Balaban J connectivity index is 3.06. The van der Waals surface area contributed by atoms with Gasteiger partial charge in [-0.05, 0) is 12.5 Å². The van der Waals surface area contributed by atoms with Gasteiger partial charge in [-0.15, -0.1) is 11.6 Å². The number of Topliss-reactive ketones (excluding diaryl/α,β-unsaturated/α-hetero) is 1. The minimum Gasteiger partial charge on any atom is -0.462 e. The molecular weight excluding hydrogens is 278 g/mol. The molecule has 0 aliphatic carbocycles. The third-order valence-electron chi connectivity index (χ3n) is 2.50. The number of nitrogens with zero attached hydrogens (tertiary/aromatic N) is 1. The molecule has 0 heterocycles. The van der Waals surface area contributed by atoms with Gasteiger partial charge in [0.15, 0.2) is 0 Å². The Hall–Kier alpha value is -1.81. The molecule has 0 aliphatic rings. The summed E-state index contributed by atoms with van der Waals surface area (Å²) in [6.07, 6.45) is 1.47. The van der Waals surface area contributed by atoms with Crippen molar-refractivity contribution in [2.24, 2.45) is 0 Å². The van der Waals surface area contributed by atoms with Crippen LogP contribution in [0.4, 0.5) is 0 Å². The summed E-state index contributed by atoms with van der Waals surface area (Å²) in [7, 11) is 3.48. The first-order chi connectivity index (χ1) is 9.49. The minimum absolute atomic E-state index is 0.00970. The monoisotopic (exact) mass is 295 g/mol. The average Bonchev–Trinajstić information content (AvgIpc) is 2.44. The lowest BCUT2D eigenvalue weighted by atomic mass is 10.0. The van der Waals surface area contributed by atoms with Crippen LogP contribution in [-0.2, 0) is 15.4 Å². The second-order valence-corrected chi connectivity index (χ2v) is 4.65. The van der Waals surface area contributed by atoms with Crippen LogP contribution in [0.5, 0.6) is 0 Å². The number of halogens is 1. The summed E-state index contributed by atoms with van der Waals surface area (Å²) >= 11 is 5.70. The molecule has 0 fully saturated rings. The van der Waals surface area contributed by atoms with Gasteiger partial charge >= 0.3 is 5.97 Å². The Morgan fingerprint density at radius 2 is 1.85 bits per heavy atom. The first-order valence-corrected chi connectivity index (χ1v) is 6.78. The number of alkyl halides is 1. The lowest BCUT2D eigenvalue weighted by molar-refractivity contribution is -0.138. The van der Waals surface area contributed by atoms with Gasteiger partial charge in [0.05, 0.1) is 6.61 Å². The van der Waals surface area contributed by atoms with Gasteiger partial charge < -0.3 is 9.64 Å². The molecule has 1 aromatic carbocycles. The second-order valence-electron chi connectivity index (χ2n) is 4.39. The van der Waals surface area contributed by atoms with Crippen LogP contribution < -0.4 is 0 Å². The van der Waals surface area contributed by atoms with E-state index in [0.29, 0.717) is 11.4 Å². The highest BCUT2D eigenvalue weighted by atomic mass is 35.5. The van der Waals surface area contributed by atoms with Crippen molar-refractivity contribution in [3.63, 3.8) is 0 Å². The van der Waals surface area contributed by atoms with Crippen LogP contribution >= 0.6 is 11.6 Å². The van der Waals surface area contributed by atoms with E-state index in [9.17, 15) is 9.59 Å². The van der Waals surface area contributed by atoms with E-state index in [1.165, 1.54) is 6.20 Å². The number of esters is 1. The maximum absolute atomic E-state index is 12.4. The van der Waals surface area contributed by atoms with Gasteiger partial charge in [-0.1, -0.05) is 24.3 Å². The molecule has 0 saturated heterocycles. The molecule has 0 bridgehead atoms. The zero-order valence-electron chi connectivity index (χ0n) is 11.9. The number of carbonyl (C=O) groups excluding carboxylic acids is 2. The maximum atomic E-state index is 12.4. The number of hydrogen-bond donors (Lipinski definition) is 0. The van der Waals surface area contributed by atoms with Crippen LogP contribution in [0, 0.1) is 0 Å². The third kappa shape index (κ3) is 4.38. The molecule has 0 aromatic heterocycles. The van der Waals surface area contributed by atoms with Crippen molar-refractivity contribution in [3.8, 4) is 0 Å². The summed E-state index contributed by atoms with van der Waals surface area (Å²) in [6.45, 7) is 1.92. The van der Waals surface area contributed by atoms with E-state index in [-0.39, 0.29) is 18.0 Å². The summed E-state index contributed by atoms with van der Waals surface area (Å²) in [5, 5.41) is 0. The number of benzene rings is 1. The number of rotatable bonds is 6. The molecule has 1 rings (SSSR count). The van der Waals surface area contributed by atoms with Crippen molar-refractivity contribution >= 4 is 23.4 Å². The van der Waals surface area contributed by atoms with E-state index in [0.717, 1.165) is 5.56 Å². The molecule has 0 radical (unpaired) electrons. The van der Waals surface area contributed by atoms with Crippen molar-refractivity contribution in [1.82, 2.24) is 4.90 Å². The molecule has 108 valence electrons. The molecule has 5 heteroatoms. The molecule has 0 amide bonds. The first kappa shape index (κ1) is 16.2. The highest BCUT2D eigenvalue weighted by molar-refractivity contribution is 6.24. The van der Waals surface area contributed by atoms with Crippen LogP contribution in [-0.4, -0.2) is 37.4 Å². The van der Waals surface area contributed by atoms with Crippen LogP contribution in [0.3, 0.4) is 0 Å². The average molecular weight is 296 g/mol. The number of carbonyl (C=O) groups is 2. The Kier molecular flexibility index (Phi) is 6.25. The number of ether oxygens (including phenoxy) is 1. The minimum atomic E-state index is -0.618. The largest absolute Gasteiger partial charge is 0.462 e. The predicted octanol–water partition coefficient (Wildman–Crippen LogP) is 2.62. The van der Waals surface area contributed by atoms with Gasteiger partial charge in [-0.25, -0.2) is 4.79 Å². The smallest absolute Gasteiger partial charge is 0.343 e. The normalized spacial score (nSPS) is 11.1. The van der Waals surface area contributed by atoms with Crippen molar-refractivity contribution < 1.29 is 14.3 Å². The van der Waals surface area contributed by atoms with Gasteiger partial charge in [-0.3, -0.25) is 4.79 Å². The first-order valence-electron chi connectivity index (χ1n) is 6.24. The summed E-state index contributed by atoms with van der Waals surface area (Å²) in [4.78, 5) is 25.9. The number of hydrogen-bond acceptors (Lipinski definition) is 4. The van der Waals surface area contributed by atoms with Gasteiger partial charge in [0.1, 0.15) is 5.57 Å². The van der Waals surface area contributed by atoms with Gasteiger partial charge in [0.25, 0.3) is 0 Å². The SMILES string of the molecule is CCOC(=O)C(=CN(C)C)C(=O)c1ccc(CCl)cc1. The Bertz CT molecular complexity index is 506. The zero-order valence-corrected chi connectivity index (χ0v) is 12.6. The quantitative estimate of drug-likeness (QED) is 0.202. The van der Waals surface area contributed by atoms with Crippen LogP contribution in [0.2, 0.25) is 0 Å². The van der Waals surface area contributed by atoms with Gasteiger partial charge in [0, 0.05) is 31.7 Å². The van der Waals surface area contributed by atoms with Gasteiger partial charge in [-0.2, -0.15) is 0 Å². The van der Waals surface area contributed by atoms with E-state index >= 15 is 0 Å². The Labute approximate surface area is 124 Å². The summed E-state index contributed by atoms with van der Waals surface area (Å²) in [5.74, 6) is -0.599. The summed E-state index contributed by atoms with van der Waals surface area (Å²) in [5.41, 5.74) is 1.35. The van der Waals surface area contributed by atoms with Crippen LogP contribution in [0.25, 0.3) is 0 Å². The van der Waals surface area contributed by atoms with E-state index in [4.69, 9.17) is 16.3 Å². The van der Waals surface area contributed by atoms with E-state index in [1.54, 1.807) is 50.2 Å². The molecule has 4 nitrogen and oxygen atoms in total. The standard InChI is InChI=1S/C15H18ClNO3/c1-4-20-15(19)13(10-17(2)3)14(18)12-7-5-11(9-16)6-8-12/h5-8,10H,4,9H2,1-3H3. The molecule has 1 aromatic rings. The fraction of sp³-hybridized carbons (Fsp3) is 0.333. The fourth-order valence-electron chi connectivity index (χ4n) is 1.57. The predicted molar refractivity (Wildman–Crippen MR) is 78.7 cm³/mol. The second kappa shape index (κ2) is 7.70. The topological polar surface area (TPSA) is 46.6 Å². The number of ketones is 1. The molecule has 0 spiro atoms. The highest BCUT2D eigenvalue weighted by Gasteiger charge is 2.21. The third-order valence-corrected chi connectivity index (χ3v) is 2.81. The van der Waals surface area contributed by atoms with Crippen molar-refractivity contribution in [3.05, 3.63) is 47.2 Å². The molecule has 0 unspecified atom stereocenters. The van der Waals surface area contributed by atoms with Crippen LogP contribution in [0.1, 0.15) is 22.8 Å². The summed E-state index contributed by atoms with van der Waals surface area (Å²) < 4.78 is 4.92. The van der Waals surface area contributed by atoms with Crippen molar-refractivity contribution in [1.29, 1.82) is 0 Å². The van der Waals surface area contributed by atoms with Crippen molar-refractivity contribution in [2.45, 2.75) is 12.8 Å². The fourth-order valence-corrected chi connectivity index (χ4v) is 1.75. The molecule has 0 aliphatic heterocycles. The molecule has 0 saturated carbocycles. The lowest BCUT2D eigenvalue weighted by Crippen LogP contribution is -2.19. The maximum Gasteiger partial charge on any atom is 0.343 e.